The van der Waals surface area contributed by atoms with E-state index in [0.717, 1.165) is 12.8 Å². The Kier molecular flexibility index (Phi) is 2.10. The van der Waals surface area contributed by atoms with Gasteiger partial charge in [0.25, 0.3) is 0 Å². The monoisotopic (exact) mass is 139 g/mol. The van der Waals surface area contributed by atoms with Crippen molar-refractivity contribution in [3.63, 3.8) is 0 Å². The molecule has 0 heterocycles. The van der Waals surface area contributed by atoms with Gasteiger partial charge in [-0.2, -0.15) is 0 Å². The minimum absolute atomic E-state index is 0.229. The third-order valence-corrected chi connectivity index (χ3v) is 1.65. The predicted octanol–water partition coefficient (Wildman–Crippen LogP) is 1.18. The van der Waals surface area contributed by atoms with Crippen molar-refractivity contribution >= 4 is 5.91 Å². The van der Waals surface area contributed by atoms with E-state index in [1.807, 2.05) is 0 Å². The Morgan fingerprint density at radius 3 is 2.70 bits per heavy atom. The summed E-state index contributed by atoms with van der Waals surface area (Å²) >= 11 is 0. The van der Waals surface area contributed by atoms with Crippen molar-refractivity contribution in [2.24, 2.45) is 0 Å². The highest BCUT2D eigenvalue weighted by Crippen LogP contribution is 2.23. The summed E-state index contributed by atoms with van der Waals surface area (Å²) in [6, 6.07) is 0. The molecule has 0 fully saturated rings. The van der Waals surface area contributed by atoms with Crippen LogP contribution in [-0.4, -0.2) is 24.9 Å². The fourth-order valence-corrected chi connectivity index (χ4v) is 0.767. The van der Waals surface area contributed by atoms with Gasteiger partial charge >= 0.3 is 0 Å². The van der Waals surface area contributed by atoms with Gasteiger partial charge in [0.05, 0.1) is 0 Å². The summed E-state index contributed by atoms with van der Waals surface area (Å²) in [7, 11) is 3.59. The Hall–Kier alpha value is -0.790. The molecule has 10 heavy (non-hydrogen) atoms. The summed E-state index contributed by atoms with van der Waals surface area (Å²) in [5.41, 5.74) is 1.44. The van der Waals surface area contributed by atoms with E-state index in [1.165, 1.54) is 5.57 Å². The van der Waals surface area contributed by atoms with Gasteiger partial charge in [-0.25, -0.2) is 0 Å². The zero-order valence-electron chi connectivity index (χ0n) is 6.55. The third-order valence-electron chi connectivity index (χ3n) is 1.65. The Labute approximate surface area is 61.5 Å². The number of carbonyl (C=O) groups is 1. The average Bonchev–Trinajstić information content (AvgIpc) is 2.64. The van der Waals surface area contributed by atoms with E-state index < -0.39 is 0 Å². The highest BCUT2D eigenvalue weighted by molar-refractivity contribution is 5.75. The number of rotatable bonds is 3. The lowest BCUT2D eigenvalue weighted by atomic mass is 10.2. The zero-order valence-corrected chi connectivity index (χ0v) is 6.55. The number of allylic oxidation sites excluding steroid dienone is 2. The highest BCUT2D eigenvalue weighted by Gasteiger charge is 2.10. The molecule has 2 nitrogen and oxygen atoms in total. The number of amides is 1. The van der Waals surface area contributed by atoms with Crippen LogP contribution in [0.25, 0.3) is 0 Å². The first-order valence-corrected chi connectivity index (χ1v) is 3.58. The second kappa shape index (κ2) is 2.86. The Morgan fingerprint density at radius 2 is 2.30 bits per heavy atom. The molecule has 0 saturated heterocycles. The molecule has 1 aliphatic carbocycles. The van der Waals surface area contributed by atoms with Crippen LogP contribution in [0.2, 0.25) is 0 Å². The van der Waals surface area contributed by atoms with Crippen molar-refractivity contribution in [2.45, 2.75) is 19.3 Å². The van der Waals surface area contributed by atoms with Gasteiger partial charge in [0, 0.05) is 20.5 Å². The first-order chi connectivity index (χ1) is 4.70. The first-order valence-electron chi connectivity index (χ1n) is 3.58. The van der Waals surface area contributed by atoms with Gasteiger partial charge in [-0.15, -0.1) is 0 Å². The molecule has 0 aromatic carbocycles. The largest absolute Gasteiger partial charge is 0.349 e. The smallest absolute Gasteiger partial charge is 0.222 e. The third kappa shape index (κ3) is 2.21. The molecule has 0 aliphatic heterocycles. The van der Waals surface area contributed by atoms with Gasteiger partial charge in [-0.05, 0) is 12.8 Å². The standard InChI is InChI=1S/C8H13NO/c1-9(2)8(10)6-5-7-3-4-7/h3H,4-6H2,1-2H3. The predicted molar refractivity (Wildman–Crippen MR) is 40.6 cm³/mol. The van der Waals surface area contributed by atoms with Gasteiger partial charge < -0.3 is 4.90 Å². The summed E-state index contributed by atoms with van der Waals surface area (Å²) in [5.74, 6) is 0.229. The molecule has 0 aromatic heterocycles. The van der Waals surface area contributed by atoms with E-state index in [9.17, 15) is 4.79 Å². The van der Waals surface area contributed by atoms with Crippen LogP contribution in [0.5, 0.6) is 0 Å². The maximum atomic E-state index is 11.0. The first kappa shape index (κ1) is 7.32. The lowest BCUT2D eigenvalue weighted by molar-refractivity contribution is -0.128. The van der Waals surface area contributed by atoms with Crippen molar-refractivity contribution in [3.05, 3.63) is 11.6 Å². The molecular weight excluding hydrogens is 126 g/mol. The van der Waals surface area contributed by atoms with E-state index >= 15 is 0 Å². The van der Waals surface area contributed by atoms with Gasteiger partial charge in [0.2, 0.25) is 5.91 Å². The second-order valence-electron chi connectivity index (χ2n) is 2.85. The quantitative estimate of drug-likeness (QED) is 0.538. The minimum Gasteiger partial charge on any atom is -0.349 e. The van der Waals surface area contributed by atoms with E-state index in [0.29, 0.717) is 6.42 Å². The SMILES string of the molecule is CN(C)C(=O)CCC1=CC1. The van der Waals surface area contributed by atoms with Crippen LogP contribution in [0, 0.1) is 0 Å². The van der Waals surface area contributed by atoms with Crippen molar-refractivity contribution < 1.29 is 4.79 Å². The van der Waals surface area contributed by atoms with Crippen molar-refractivity contribution in [3.8, 4) is 0 Å². The molecule has 0 radical (unpaired) electrons. The Bertz CT molecular complexity index is 170. The van der Waals surface area contributed by atoms with E-state index in [4.69, 9.17) is 0 Å². The minimum atomic E-state index is 0.229. The number of hydrogen-bond acceptors (Lipinski definition) is 1. The molecule has 0 bridgehead atoms. The molecule has 0 N–H and O–H groups in total. The second-order valence-corrected chi connectivity index (χ2v) is 2.85. The molecule has 0 spiro atoms. The average molecular weight is 139 g/mol. The van der Waals surface area contributed by atoms with Crippen molar-refractivity contribution in [1.29, 1.82) is 0 Å². The van der Waals surface area contributed by atoms with Gasteiger partial charge in [0.1, 0.15) is 0 Å². The van der Waals surface area contributed by atoms with E-state index in [2.05, 4.69) is 6.08 Å². The van der Waals surface area contributed by atoms with Crippen LogP contribution in [0.4, 0.5) is 0 Å². The summed E-state index contributed by atoms with van der Waals surface area (Å²) in [6.45, 7) is 0. The fraction of sp³-hybridized carbons (Fsp3) is 0.625. The van der Waals surface area contributed by atoms with E-state index in [1.54, 1.807) is 19.0 Å². The van der Waals surface area contributed by atoms with Gasteiger partial charge in [0.15, 0.2) is 0 Å². The summed E-state index contributed by atoms with van der Waals surface area (Å²) in [5, 5.41) is 0. The van der Waals surface area contributed by atoms with Crippen LogP contribution in [0.3, 0.4) is 0 Å². The Balaban J connectivity index is 2.11. The highest BCUT2D eigenvalue weighted by atomic mass is 16.2. The lowest BCUT2D eigenvalue weighted by Crippen LogP contribution is -2.20. The van der Waals surface area contributed by atoms with Crippen LogP contribution < -0.4 is 0 Å². The molecule has 0 saturated carbocycles. The molecule has 1 amide bonds. The number of hydrogen-bond donors (Lipinski definition) is 0. The zero-order chi connectivity index (χ0) is 7.56. The number of nitrogens with zero attached hydrogens (tertiary/aromatic N) is 1. The van der Waals surface area contributed by atoms with Gasteiger partial charge in [-0.3, -0.25) is 4.79 Å². The van der Waals surface area contributed by atoms with Crippen LogP contribution >= 0.6 is 0 Å². The van der Waals surface area contributed by atoms with Crippen molar-refractivity contribution in [2.75, 3.05) is 14.1 Å². The summed E-state index contributed by atoms with van der Waals surface area (Å²) in [4.78, 5) is 12.6. The molecule has 56 valence electrons. The maximum absolute atomic E-state index is 11.0. The fourth-order valence-electron chi connectivity index (χ4n) is 0.767. The van der Waals surface area contributed by atoms with E-state index in [-0.39, 0.29) is 5.91 Å². The number of carbonyl (C=O) groups excluding carboxylic acids is 1. The molecular formula is C8H13NO. The topological polar surface area (TPSA) is 20.3 Å². The molecule has 1 aliphatic rings. The molecule has 0 atom stereocenters. The molecule has 0 unspecified atom stereocenters. The maximum Gasteiger partial charge on any atom is 0.222 e. The summed E-state index contributed by atoms with van der Waals surface area (Å²) in [6.07, 6.45) is 4.96. The molecule has 0 aromatic rings. The molecule has 1 rings (SSSR count). The van der Waals surface area contributed by atoms with Gasteiger partial charge in [-0.1, -0.05) is 11.6 Å². The summed E-state index contributed by atoms with van der Waals surface area (Å²) < 4.78 is 0. The Morgan fingerprint density at radius 1 is 1.70 bits per heavy atom. The lowest BCUT2D eigenvalue weighted by Gasteiger charge is -2.08. The van der Waals surface area contributed by atoms with Crippen LogP contribution in [-0.2, 0) is 4.79 Å². The van der Waals surface area contributed by atoms with Crippen LogP contribution in [0.15, 0.2) is 11.6 Å². The normalized spacial score (nSPS) is 14.4. The molecule has 2 heteroatoms. The van der Waals surface area contributed by atoms with Crippen LogP contribution in [0.1, 0.15) is 19.3 Å². The van der Waals surface area contributed by atoms with Crippen molar-refractivity contribution in [1.82, 2.24) is 4.90 Å².